The highest BCUT2D eigenvalue weighted by Gasteiger charge is 2.31. The molecule has 1 heterocycles. The Labute approximate surface area is 121 Å². The van der Waals surface area contributed by atoms with Gasteiger partial charge in [-0.3, -0.25) is 9.69 Å². The normalized spacial score (nSPS) is 23.9. The Bertz CT molecular complexity index is 501. The lowest BCUT2D eigenvalue weighted by Crippen LogP contribution is -2.58. The molecule has 0 spiro atoms. The van der Waals surface area contributed by atoms with Crippen molar-refractivity contribution in [3.63, 3.8) is 0 Å². The van der Waals surface area contributed by atoms with E-state index in [0.29, 0.717) is 12.2 Å². The molecule has 2 unspecified atom stereocenters. The quantitative estimate of drug-likeness (QED) is 0.877. The van der Waals surface area contributed by atoms with Crippen LogP contribution in [0, 0.1) is 0 Å². The molecule has 0 bridgehead atoms. The van der Waals surface area contributed by atoms with Crippen molar-refractivity contribution in [3.8, 4) is 0 Å². The van der Waals surface area contributed by atoms with Gasteiger partial charge in [0.25, 0.3) is 0 Å². The highest BCUT2D eigenvalue weighted by atomic mass is 19.4. The van der Waals surface area contributed by atoms with Crippen LogP contribution in [0.3, 0.4) is 0 Å². The molecule has 2 rings (SSSR count). The summed E-state index contributed by atoms with van der Waals surface area (Å²) in [5.41, 5.74) is -0.370. The SMILES string of the molecule is CC1CNCC(C(=O)Nc2ccc(C(F)(F)F)cc2)N1C. The number of likely N-dealkylation sites (N-methyl/N-ethyl adjacent to an activating group) is 1. The summed E-state index contributed by atoms with van der Waals surface area (Å²) >= 11 is 0. The molecule has 2 N–H and O–H groups in total. The molecular weight excluding hydrogens is 283 g/mol. The van der Waals surface area contributed by atoms with Gasteiger partial charge in [-0.1, -0.05) is 0 Å². The summed E-state index contributed by atoms with van der Waals surface area (Å²) < 4.78 is 37.4. The van der Waals surface area contributed by atoms with Crippen molar-refractivity contribution in [3.05, 3.63) is 29.8 Å². The van der Waals surface area contributed by atoms with E-state index < -0.39 is 11.7 Å². The standard InChI is InChI=1S/C14H18F3N3O/c1-9-7-18-8-12(20(9)2)13(21)19-11-5-3-10(4-6-11)14(15,16)17/h3-6,9,12,18H,7-8H2,1-2H3,(H,19,21). The van der Waals surface area contributed by atoms with E-state index >= 15 is 0 Å². The van der Waals surface area contributed by atoms with Crippen LogP contribution in [-0.4, -0.2) is 43.0 Å². The molecule has 0 saturated carbocycles. The van der Waals surface area contributed by atoms with Crippen LogP contribution < -0.4 is 10.6 Å². The Balaban J connectivity index is 2.02. The van der Waals surface area contributed by atoms with E-state index in [1.165, 1.54) is 12.1 Å². The van der Waals surface area contributed by atoms with Crippen molar-refractivity contribution >= 4 is 11.6 Å². The molecule has 0 aromatic heterocycles. The van der Waals surface area contributed by atoms with Gasteiger partial charge in [-0.2, -0.15) is 13.2 Å². The van der Waals surface area contributed by atoms with Crippen LogP contribution in [0.1, 0.15) is 12.5 Å². The molecule has 0 radical (unpaired) electrons. The van der Waals surface area contributed by atoms with Gasteiger partial charge in [0.05, 0.1) is 5.56 Å². The van der Waals surface area contributed by atoms with Gasteiger partial charge in [0.15, 0.2) is 0 Å². The number of amides is 1. The van der Waals surface area contributed by atoms with E-state index in [0.717, 1.165) is 18.7 Å². The zero-order chi connectivity index (χ0) is 15.6. The number of nitrogens with zero attached hydrogens (tertiary/aromatic N) is 1. The van der Waals surface area contributed by atoms with Crippen LogP contribution in [0.2, 0.25) is 0 Å². The van der Waals surface area contributed by atoms with E-state index in [-0.39, 0.29) is 18.0 Å². The molecule has 21 heavy (non-hydrogen) atoms. The molecule has 1 amide bonds. The van der Waals surface area contributed by atoms with E-state index in [9.17, 15) is 18.0 Å². The summed E-state index contributed by atoms with van der Waals surface area (Å²) in [6.45, 7) is 3.33. The predicted molar refractivity (Wildman–Crippen MR) is 74.0 cm³/mol. The number of benzene rings is 1. The van der Waals surface area contributed by atoms with Crippen LogP contribution in [0.4, 0.5) is 18.9 Å². The molecule has 116 valence electrons. The second-order valence-corrected chi connectivity index (χ2v) is 5.25. The molecule has 1 aliphatic rings. The molecule has 1 saturated heterocycles. The Morgan fingerprint density at radius 1 is 1.29 bits per heavy atom. The lowest BCUT2D eigenvalue weighted by molar-refractivity contribution is -0.137. The largest absolute Gasteiger partial charge is 0.416 e. The topological polar surface area (TPSA) is 44.4 Å². The first-order valence-electron chi connectivity index (χ1n) is 6.70. The maximum atomic E-state index is 12.5. The summed E-state index contributed by atoms with van der Waals surface area (Å²) in [4.78, 5) is 14.1. The minimum Gasteiger partial charge on any atom is -0.325 e. The Morgan fingerprint density at radius 2 is 1.90 bits per heavy atom. The number of halogens is 3. The van der Waals surface area contributed by atoms with E-state index in [1.807, 2.05) is 18.9 Å². The van der Waals surface area contributed by atoms with Gasteiger partial charge < -0.3 is 10.6 Å². The average Bonchev–Trinajstić information content (AvgIpc) is 2.41. The molecule has 7 heteroatoms. The number of hydrogen-bond donors (Lipinski definition) is 2. The van der Waals surface area contributed by atoms with Crippen LogP contribution in [0.5, 0.6) is 0 Å². The van der Waals surface area contributed by atoms with Crippen LogP contribution in [-0.2, 0) is 11.0 Å². The van der Waals surface area contributed by atoms with Crippen molar-refractivity contribution in [2.45, 2.75) is 25.2 Å². The van der Waals surface area contributed by atoms with Gasteiger partial charge in [0, 0.05) is 24.8 Å². The molecule has 1 aliphatic heterocycles. The van der Waals surface area contributed by atoms with Gasteiger partial charge in [-0.05, 0) is 38.2 Å². The third-order valence-electron chi connectivity index (χ3n) is 3.75. The number of nitrogens with one attached hydrogen (secondary N) is 2. The van der Waals surface area contributed by atoms with Crippen LogP contribution >= 0.6 is 0 Å². The summed E-state index contributed by atoms with van der Waals surface area (Å²) in [5, 5.41) is 5.81. The highest BCUT2D eigenvalue weighted by Crippen LogP contribution is 2.29. The Morgan fingerprint density at radius 3 is 2.48 bits per heavy atom. The van der Waals surface area contributed by atoms with Crippen molar-refractivity contribution in [2.75, 3.05) is 25.5 Å². The second-order valence-electron chi connectivity index (χ2n) is 5.25. The molecule has 1 fully saturated rings. The number of piperazine rings is 1. The monoisotopic (exact) mass is 301 g/mol. The summed E-state index contributed by atoms with van der Waals surface area (Å²) in [6.07, 6.45) is -4.37. The maximum absolute atomic E-state index is 12.5. The average molecular weight is 301 g/mol. The van der Waals surface area contributed by atoms with Crippen LogP contribution in [0.25, 0.3) is 0 Å². The number of alkyl halides is 3. The first-order chi connectivity index (χ1) is 9.79. The lowest BCUT2D eigenvalue weighted by atomic mass is 10.1. The minimum atomic E-state index is -4.37. The minimum absolute atomic E-state index is 0.224. The predicted octanol–water partition coefficient (Wildman–Crippen LogP) is 1.94. The Hall–Kier alpha value is -1.60. The van der Waals surface area contributed by atoms with E-state index in [4.69, 9.17) is 0 Å². The van der Waals surface area contributed by atoms with Crippen molar-refractivity contribution in [1.82, 2.24) is 10.2 Å². The summed E-state index contributed by atoms with van der Waals surface area (Å²) in [7, 11) is 1.86. The molecular formula is C14H18F3N3O. The Kier molecular flexibility index (Phi) is 4.53. The number of anilines is 1. The van der Waals surface area contributed by atoms with Crippen molar-refractivity contribution in [1.29, 1.82) is 0 Å². The van der Waals surface area contributed by atoms with E-state index in [2.05, 4.69) is 10.6 Å². The van der Waals surface area contributed by atoms with Gasteiger partial charge in [0.2, 0.25) is 5.91 Å². The molecule has 1 aromatic rings. The number of hydrogen-bond acceptors (Lipinski definition) is 3. The third-order valence-corrected chi connectivity index (χ3v) is 3.75. The van der Waals surface area contributed by atoms with Crippen LogP contribution in [0.15, 0.2) is 24.3 Å². The highest BCUT2D eigenvalue weighted by molar-refractivity contribution is 5.95. The van der Waals surface area contributed by atoms with Gasteiger partial charge in [-0.15, -0.1) is 0 Å². The number of carbonyl (C=O) groups excluding carboxylic acids is 1. The van der Waals surface area contributed by atoms with Crippen molar-refractivity contribution in [2.24, 2.45) is 0 Å². The first kappa shape index (κ1) is 15.8. The fraction of sp³-hybridized carbons (Fsp3) is 0.500. The van der Waals surface area contributed by atoms with Gasteiger partial charge in [-0.25, -0.2) is 0 Å². The molecule has 1 aromatic carbocycles. The molecule has 4 nitrogen and oxygen atoms in total. The van der Waals surface area contributed by atoms with Crippen molar-refractivity contribution < 1.29 is 18.0 Å². The fourth-order valence-corrected chi connectivity index (χ4v) is 2.27. The summed E-state index contributed by atoms with van der Waals surface area (Å²) in [5.74, 6) is -0.226. The van der Waals surface area contributed by atoms with Gasteiger partial charge in [0.1, 0.15) is 6.04 Å². The maximum Gasteiger partial charge on any atom is 0.416 e. The zero-order valence-electron chi connectivity index (χ0n) is 11.9. The second kappa shape index (κ2) is 6.03. The lowest BCUT2D eigenvalue weighted by Gasteiger charge is -2.37. The van der Waals surface area contributed by atoms with E-state index in [1.54, 1.807) is 0 Å². The first-order valence-corrected chi connectivity index (χ1v) is 6.70. The van der Waals surface area contributed by atoms with Gasteiger partial charge >= 0.3 is 6.18 Å². The third kappa shape index (κ3) is 3.74. The summed E-state index contributed by atoms with van der Waals surface area (Å²) in [6, 6.07) is 4.33. The fourth-order valence-electron chi connectivity index (χ4n) is 2.27. The molecule has 2 atom stereocenters. The zero-order valence-corrected chi connectivity index (χ0v) is 11.9. The number of carbonyl (C=O) groups is 1. The number of rotatable bonds is 2. The molecule has 0 aliphatic carbocycles. The smallest absolute Gasteiger partial charge is 0.325 e.